The monoisotopic (exact) mass is 276 g/mol. The van der Waals surface area contributed by atoms with E-state index in [4.69, 9.17) is 0 Å². The lowest BCUT2D eigenvalue weighted by Gasteiger charge is -2.22. The van der Waals surface area contributed by atoms with Crippen LogP contribution in [0.4, 0.5) is 39.5 Å². The molecule has 11 heteroatoms. The molecule has 0 fully saturated rings. The van der Waals surface area contributed by atoms with Gasteiger partial charge in [-0.25, -0.2) is 4.79 Å². The van der Waals surface area contributed by atoms with Gasteiger partial charge >= 0.3 is 24.4 Å². The molecule has 17 heavy (non-hydrogen) atoms. The molecule has 0 aliphatic rings. The van der Waals surface area contributed by atoms with Crippen LogP contribution in [0.5, 0.6) is 0 Å². The molecule has 0 heterocycles. The van der Waals surface area contributed by atoms with Gasteiger partial charge in [-0.1, -0.05) is 0 Å². The van der Waals surface area contributed by atoms with Gasteiger partial charge in [0.15, 0.2) is 0 Å². The smallest absolute Gasteiger partial charge is 0.434 e. The highest BCUT2D eigenvalue weighted by molar-refractivity contribution is 5.86. The third-order valence-electron chi connectivity index (χ3n) is 1.16. The summed E-state index contributed by atoms with van der Waals surface area (Å²) < 4.78 is 108. The maximum Gasteiger partial charge on any atom is 0.434 e. The molecule has 0 aromatic carbocycles. The molecule has 0 N–H and O–H groups in total. The average molecular weight is 276 g/mol. The van der Waals surface area contributed by atoms with Crippen molar-refractivity contribution in [2.75, 3.05) is 0 Å². The van der Waals surface area contributed by atoms with Crippen LogP contribution in [0.25, 0.3) is 0 Å². The number of alkyl halides is 6. The lowest BCUT2D eigenvalue weighted by Crippen LogP contribution is -2.45. The van der Waals surface area contributed by atoms with Crippen molar-refractivity contribution < 1.29 is 49.0 Å². The third kappa shape index (κ3) is 4.53. The first kappa shape index (κ1) is 15.6. The third-order valence-corrected chi connectivity index (χ3v) is 1.16. The van der Waals surface area contributed by atoms with Crippen molar-refractivity contribution in [3.63, 3.8) is 0 Å². The molecule has 0 amide bonds. The summed E-state index contributed by atoms with van der Waals surface area (Å²) in [6.07, 6.45) is -20.3. The Kier molecular flexibility index (Phi) is 4.43. The van der Waals surface area contributed by atoms with Gasteiger partial charge in [0.25, 0.3) is 11.9 Å². The van der Waals surface area contributed by atoms with E-state index < -0.39 is 36.3 Å². The normalized spacial score (nSPS) is 12.6. The zero-order valence-corrected chi connectivity index (χ0v) is 7.30. The Morgan fingerprint density at radius 2 is 1.24 bits per heavy atom. The van der Waals surface area contributed by atoms with E-state index in [9.17, 15) is 44.3 Å². The van der Waals surface area contributed by atoms with E-state index in [1.54, 1.807) is 0 Å². The first-order valence-electron chi connectivity index (χ1n) is 3.42. The summed E-state index contributed by atoms with van der Waals surface area (Å²) in [5.41, 5.74) is 0. The molecule has 0 aliphatic heterocycles. The van der Waals surface area contributed by atoms with Gasteiger partial charge in [0.2, 0.25) is 0 Å². The van der Waals surface area contributed by atoms with Crippen LogP contribution in [0.2, 0.25) is 0 Å². The van der Waals surface area contributed by atoms with Crippen molar-refractivity contribution in [3.8, 4) is 0 Å². The number of rotatable bonds is 2. The highest BCUT2D eigenvalue weighted by atomic mass is 19.4. The highest BCUT2D eigenvalue weighted by Gasteiger charge is 2.60. The maximum absolute atomic E-state index is 12.0. The molecule has 2 nitrogen and oxygen atoms in total. The Morgan fingerprint density at radius 3 is 1.47 bits per heavy atom. The second-order valence-corrected chi connectivity index (χ2v) is 2.44. The van der Waals surface area contributed by atoms with Gasteiger partial charge in [-0.3, -0.25) is 0 Å². The van der Waals surface area contributed by atoms with Crippen molar-refractivity contribution in [1.82, 2.24) is 0 Å². The topological polar surface area (TPSA) is 26.3 Å². The largest absolute Gasteiger partial charge is 0.437 e. The molecule has 0 saturated heterocycles. The lowest BCUT2D eigenvalue weighted by molar-refractivity contribution is -0.312. The fourth-order valence-electron chi connectivity index (χ4n) is 0.555. The summed E-state index contributed by atoms with van der Waals surface area (Å²) in [4.78, 5) is 10.2. The summed E-state index contributed by atoms with van der Waals surface area (Å²) in [5.74, 6) is -6.17. The van der Waals surface area contributed by atoms with Crippen molar-refractivity contribution >= 4 is 5.97 Å². The molecule has 0 spiro atoms. The van der Waals surface area contributed by atoms with E-state index >= 15 is 0 Å². The van der Waals surface area contributed by atoms with Gasteiger partial charge in [0.1, 0.15) is 0 Å². The molecular formula is C6HF9O2. The fourth-order valence-corrected chi connectivity index (χ4v) is 0.555. The van der Waals surface area contributed by atoms with E-state index in [1.807, 2.05) is 0 Å². The number of ether oxygens (including phenoxy) is 1. The average Bonchev–Trinajstić information content (AvgIpc) is 2.08. The molecule has 0 atom stereocenters. The molecule has 0 unspecified atom stereocenters. The molecular weight excluding hydrogens is 275 g/mol. The van der Waals surface area contributed by atoms with Crippen LogP contribution in [0, 0.1) is 0 Å². The Labute approximate surface area is 86.6 Å². The number of hydrogen-bond acceptors (Lipinski definition) is 2. The number of carbonyl (C=O) groups is 1. The Hall–Kier alpha value is -1.42. The van der Waals surface area contributed by atoms with Gasteiger partial charge in [-0.2, -0.15) is 39.5 Å². The van der Waals surface area contributed by atoms with Gasteiger partial charge < -0.3 is 4.74 Å². The van der Waals surface area contributed by atoms with Crippen LogP contribution in [-0.2, 0) is 9.53 Å². The first-order chi connectivity index (χ1) is 7.37. The van der Waals surface area contributed by atoms with Crippen LogP contribution in [0.15, 0.2) is 11.9 Å². The van der Waals surface area contributed by atoms with Crippen LogP contribution >= 0.6 is 0 Å². The van der Waals surface area contributed by atoms with Crippen LogP contribution in [-0.4, -0.2) is 24.4 Å². The molecule has 0 bridgehead atoms. The van der Waals surface area contributed by atoms with E-state index in [1.165, 1.54) is 0 Å². The minimum absolute atomic E-state index is 2.60. The van der Waals surface area contributed by atoms with Gasteiger partial charge in [0.05, 0.1) is 0 Å². The fraction of sp³-hybridized carbons (Fsp3) is 0.500. The van der Waals surface area contributed by atoms with E-state index in [0.29, 0.717) is 0 Å². The molecule has 0 aliphatic carbocycles. The van der Waals surface area contributed by atoms with Crippen LogP contribution in [0.1, 0.15) is 0 Å². The predicted molar refractivity (Wildman–Crippen MR) is 32.3 cm³/mol. The van der Waals surface area contributed by atoms with E-state index in [2.05, 4.69) is 4.74 Å². The van der Waals surface area contributed by atoms with E-state index in [0.717, 1.165) is 0 Å². The van der Waals surface area contributed by atoms with Crippen molar-refractivity contribution in [2.45, 2.75) is 18.5 Å². The summed E-state index contributed by atoms with van der Waals surface area (Å²) >= 11 is 0. The molecule has 0 radical (unpaired) electrons. The summed E-state index contributed by atoms with van der Waals surface area (Å²) in [5, 5.41) is 0. The quantitative estimate of drug-likeness (QED) is 0.440. The maximum atomic E-state index is 12.0. The van der Waals surface area contributed by atoms with Gasteiger partial charge in [-0.05, 0) is 0 Å². The van der Waals surface area contributed by atoms with Gasteiger partial charge in [-0.15, -0.1) is 0 Å². The Morgan fingerprint density at radius 1 is 0.882 bits per heavy atom. The SMILES string of the molecule is O=C(OC(C(F)(F)F)C(F)(F)F)C(F)=C(F)F. The highest BCUT2D eigenvalue weighted by Crippen LogP contribution is 2.36. The second kappa shape index (κ2) is 4.84. The van der Waals surface area contributed by atoms with Crippen molar-refractivity contribution in [1.29, 1.82) is 0 Å². The summed E-state index contributed by atoms with van der Waals surface area (Å²) in [6, 6.07) is 0. The van der Waals surface area contributed by atoms with Crippen LogP contribution in [0.3, 0.4) is 0 Å². The molecule has 0 rings (SSSR count). The number of carbonyl (C=O) groups excluding carboxylic acids is 1. The number of halogens is 9. The minimum atomic E-state index is -6.10. The Bertz CT molecular complexity index is 307. The van der Waals surface area contributed by atoms with Crippen molar-refractivity contribution in [3.05, 3.63) is 11.9 Å². The predicted octanol–water partition coefficient (Wildman–Crippen LogP) is 3.10. The Balaban J connectivity index is 5.06. The number of hydrogen-bond donors (Lipinski definition) is 0. The molecule has 100 valence electrons. The molecule has 0 aromatic heterocycles. The number of esters is 1. The first-order valence-corrected chi connectivity index (χ1v) is 3.42. The zero-order chi connectivity index (χ0) is 14.0. The standard InChI is InChI=1S/C6HF9O2/c7-1(2(8)9)3(16)17-4(5(10,11)12)6(13,14)15/h4H. The zero-order valence-electron chi connectivity index (χ0n) is 7.30. The van der Waals surface area contributed by atoms with Crippen molar-refractivity contribution in [2.24, 2.45) is 0 Å². The van der Waals surface area contributed by atoms with E-state index in [-0.39, 0.29) is 0 Å². The minimum Gasteiger partial charge on any atom is -0.437 e. The molecule has 0 aromatic rings. The summed E-state index contributed by atoms with van der Waals surface area (Å²) in [7, 11) is 0. The van der Waals surface area contributed by atoms with Gasteiger partial charge in [0, 0.05) is 0 Å². The second-order valence-electron chi connectivity index (χ2n) is 2.44. The lowest BCUT2D eigenvalue weighted by atomic mass is 10.3. The summed E-state index contributed by atoms with van der Waals surface area (Å²) in [6.45, 7) is 0. The molecule has 0 saturated carbocycles. The van der Waals surface area contributed by atoms with Crippen LogP contribution < -0.4 is 0 Å².